The molecule has 8 heteroatoms. The second kappa shape index (κ2) is 11.4. The van der Waals surface area contributed by atoms with E-state index >= 15 is 0 Å². The van der Waals surface area contributed by atoms with Crippen LogP contribution in [0.1, 0.15) is 50.3 Å². The number of carbonyl (C=O) groups is 1. The van der Waals surface area contributed by atoms with Gasteiger partial charge in [0, 0.05) is 24.0 Å². The third-order valence-electron chi connectivity index (χ3n) is 6.02. The summed E-state index contributed by atoms with van der Waals surface area (Å²) in [6.45, 7) is 4.97. The summed E-state index contributed by atoms with van der Waals surface area (Å²) in [6, 6.07) is 14.5. The van der Waals surface area contributed by atoms with E-state index in [0.29, 0.717) is 42.4 Å². The van der Waals surface area contributed by atoms with Gasteiger partial charge in [-0.3, -0.25) is 4.79 Å². The highest BCUT2D eigenvalue weighted by molar-refractivity contribution is 7.88. The van der Waals surface area contributed by atoms with Crippen LogP contribution in [0.4, 0.5) is 0 Å². The van der Waals surface area contributed by atoms with Gasteiger partial charge in [0.15, 0.2) is 0 Å². The number of carbonyl (C=O) groups excluding carboxylic acids is 1. The zero-order valence-corrected chi connectivity index (χ0v) is 21.0. The van der Waals surface area contributed by atoms with Gasteiger partial charge in [-0.2, -0.15) is 0 Å². The standard InChI is InChI=1S/C25H33ClN2O4S/c1-18(2)16-24(20-6-10-23(32-3)11-7-20)27-25(29)21-12-14-28(15-13-21)33(30,31)17-19-4-8-22(26)9-5-19/h4-11,18,21,24H,12-17H2,1-3H3,(H,27,29)/t24-/m1/s1. The van der Waals surface area contributed by atoms with Crippen molar-refractivity contribution in [2.75, 3.05) is 20.2 Å². The Morgan fingerprint density at radius 3 is 2.24 bits per heavy atom. The molecule has 0 aromatic heterocycles. The molecule has 0 aliphatic carbocycles. The van der Waals surface area contributed by atoms with Gasteiger partial charge in [-0.25, -0.2) is 12.7 Å². The molecule has 2 aromatic carbocycles. The van der Waals surface area contributed by atoms with E-state index in [1.165, 1.54) is 4.31 Å². The van der Waals surface area contributed by atoms with Crippen LogP contribution in [0.15, 0.2) is 48.5 Å². The molecule has 6 nitrogen and oxygen atoms in total. The summed E-state index contributed by atoms with van der Waals surface area (Å²) in [7, 11) is -1.81. The molecule has 180 valence electrons. The number of rotatable bonds is 9. The first-order chi connectivity index (χ1) is 15.7. The highest BCUT2D eigenvalue weighted by Crippen LogP contribution is 2.27. The van der Waals surface area contributed by atoms with Gasteiger partial charge in [0.05, 0.1) is 18.9 Å². The number of piperidine rings is 1. The molecule has 0 radical (unpaired) electrons. The predicted octanol–water partition coefficient (Wildman–Crippen LogP) is 4.79. The van der Waals surface area contributed by atoms with Crippen LogP contribution in [0.5, 0.6) is 5.75 Å². The summed E-state index contributed by atoms with van der Waals surface area (Å²) in [5.41, 5.74) is 1.75. The van der Waals surface area contributed by atoms with Crippen molar-refractivity contribution >= 4 is 27.5 Å². The Kier molecular flexibility index (Phi) is 8.79. The molecule has 1 aliphatic rings. The van der Waals surface area contributed by atoms with Gasteiger partial charge in [0.25, 0.3) is 0 Å². The molecular formula is C25H33ClN2O4S. The van der Waals surface area contributed by atoms with Crippen LogP contribution in [-0.2, 0) is 20.6 Å². The molecule has 1 fully saturated rings. The average Bonchev–Trinajstić information content (AvgIpc) is 2.80. The Morgan fingerprint density at radius 1 is 1.09 bits per heavy atom. The van der Waals surface area contributed by atoms with Crippen LogP contribution < -0.4 is 10.1 Å². The highest BCUT2D eigenvalue weighted by Gasteiger charge is 2.32. The van der Waals surface area contributed by atoms with Crippen molar-refractivity contribution < 1.29 is 17.9 Å². The molecule has 0 bridgehead atoms. The summed E-state index contributed by atoms with van der Waals surface area (Å²) in [5.74, 6) is 0.929. The van der Waals surface area contributed by atoms with E-state index in [0.717, 1.165) is 17.7 Å². The van der Waals surface area contributed by atoms with Crippen LogP contribution in [0.3, 0.4) is 0 Å². The number of hydrogen-bond acceptors (Lipinski definition) is 4. The van der Waals surface area contributed by atoms with Crippen molar-refractivity contribution in [3.63, 3.8) is 0 Å². The molecule has 1 amide bonds. The number of hydrogen-bond donors (Lipinski definition) is 1. The fourth-order valence-corrected chi connectivity index (χ4v) is 5.84. The maximum atomic E-state index is 13.0. The first-order valence-electron chi connectivity index (χ1n) is 11.3. The molecule has 1 heterocycles. The Morgan fingerprint density at radius 2 is 1.70 bits per heavy atom. The van der Waals surface area contributed by atoms with Gasteiger partial charge in [-0.1, -0.05) is 49.7 Å². The summed E-state index contributed by atoms with van der Waals surface area (Å²) in [5, 5.41) is 3.79. The van der Waals surface area contributed by atoms with Gasteiger partial charge < -0.3 is 10.1 Å². The molecule has 1 N–H and O–H groups in total. The number of halogens is 1. The molecule has 33 heavy (non-hydrogen) atoms. The van der Waals surface area contributed by atoms with Crippen molar-refractivity contribution in [3.05, 3.63) is 64.7 Å². The van der Waals surface area contributed by atoms with Crippen LogP contribution in [-0.4, -0.2) is 38.8 Å². The Balaban J connectivity index is 1.59. The predicted molar refractivity (Wildman–Crippen MR) is 132 cm³/mol. The Labute approximate surface area is 202 Å². The lowest BCUT2D eigenvalue weighted by molar-refractivity contribution is -0.127. The second-order valence-corrected chi connectivity index (χ2v) is 11.4. The van der Waals surface area contributed by atoms with E-state index in [2.05, 4.69) is 19.2 Å². The van der Waals surface area contributed by atoms with Crippen LogP contribution in [0, 0.1) is 11.8 Å². The maximum Gasteiger partial charge on any atom is 0.223 e. The average molecular weight is 493 g/mol. The smallest absolute Gasteiger partial charge is 0.223 e. The minimum Gasteiger partial charge on any atom is -0.497 e. The number of nitrogens with zero attached hydrogens (tertiary/aromatic N) is 1. The van der Waals surface area contributed by atoms with Crippen molar-refractivity contribution in [3.8, 4) is 5.75 Å². The Hall–Kier alpha value is -2.09. The molecule has 3 rings (SSSR count). The van der Waals surface area contributed by atoms with Crippen LogP contribution >= 0.6 is 11.6 Å². The molecule has 1 atom stereocenters. The summed E-state index contributed by atoms with van der Waals surface area (Å²) >= 11 is 5.89. The van der Waals surface area contributed by atoms with Gasteiger partial charge in [0.2, 0.25) is 15.9 Å². The number of methoxy groups -OCH3 is 1. The van der Waals surface area contributed by atoms with E-state index in [4.69, 9.17) is 16.3 Å². The summed E-state index contributed by atoms with van der Waals surface area (Å²) < 4.78 is 32.4. The summed E-state index contributed by atoms with van der Waals surface area (Å²) in [4.78, 5) is 13.0. The largest absolute Gasteiger partial charge is 0.497 e. The van der Waals surface area contributed by atoms with Crippen molar-refractivity contribution in [1.82, 2.24) is 9.62 Å². The molecule has 0 spiro atoms. The topological polar surface area (TPSA) is 75.7 Å². The van der Waals surface area contributed by atoms with E-state index < -0.39 is 10.0 Å². The van der Waals surface area contributed by atoms with E-state index in [1.54, 1.807) is 31.4 Å². The van der Waals surface area contributed by atoms with E-state index in [1.807, 2.05) is 24.3 Å². The molecule has 0 saturated carbocycles. The number of sulfonamides is 1. The minimum absolute atomic E-state index is 0.00813. The van der Waals surface area contributed by atoms with Crippen molar-refractivity contribution in [2.24, 2.45) is 11.8 Å². The number of amides is 1. The first-order valence-corrected chi connectivity index (χ1v) is 13.3. The van der Waals surface area contributed by atoms with Gasteiger partial charge in [0.1, 0.15) is 5.75 Å². The third-order valence-corrected chi connectivity index (χ3v) is 8.12. The van der Waals surface area contributed by atoms with Crippen molar-refractivity contribution in [1.29, 1.82) is 0 Å². The lowest BCUT2D eigenvalue weighted by Crippen LogP contribution is -2.44. The number of nitrogens with one attached hydrogen (secondary N) is 1. The van der Waals surface area contributed by atoms with Crippen LogP contribution in [0.25, 0.3) is 0 Å². The highest BCUT2D eigenvalue weighted by atomic mass is 35.5. The molecule has 1 aliphatic heterocycles. The number of benzene rings is 2. The fraction of sp³-hybridized carbons (Fsp3) is 0.480. The lowest BCUT2D eigenvalue weighted by Gasteiger charge is -2.32. The summed E-state index contributed by atoms with van der Waals surface area (Å²) in [6.07, 6.45) is 1.86. The first kappa shape index (κ1) is 25.5. The monoisotopic (exact) mass is 492 g/mol. The molecule has 1 saturated heterocycles. The maximum absolute atomic E-state index is 13.0. The fourth-order valence-electron chi connectivity index (χ4n) is 4.15. The zero-order valence-electron chi connectivity index (χ0n) is 19.5. The normalized spacial score (nSPS) is 16.5. The van der Waals surface area contributed by atoms with Gasteiger partial charge in [-0.15, -0.1) is 0 Å². The molecule has 2 aromatic rings. The molecule has 0 unspecified atom stereocenters. The Bertz CT molecular complexity index is 1020. The van der Waals surface area contributed by atoms with Crippen molar-refractivity contribution in [2.45, 2.75) is 44.9 Å². The van der Waals surface area contributed by atoms with E-state index in [-0.39, 0.29) is 23.6 Å². The SMILES string of the molecule is COc1ccc([C@@H](CC(C)C)NC(=O)C2CCN(S(=O)(=O)Cc3ccc(Cl)cc3)CC2)cc1. The van der Waals surface area contributed by atoms with Crippen LogP contribution in [0.2, 0.25) is 5.02 Å². The van der Waals surface area contributed by atoms with Gasteiger partial charge >= 0.3 is 0 Å². The third kappa shape index (κ3) is 7.19. The number of ether oxygens (including phenoxy) is 1. The minimum atomic E-state index is -3.44. The molecular weight excluding hydrogens is 460 g/mol. The van der Waals surface area contributed by atoms with Gasteiger partial charge in [-0.05, 0) is 60.6 Å². The van der Waals surface area contributed by atoms with E-state index in [9.17, 15) is 13.2 Å². The zero-order chi connectivity index (χ0) is 24.0. The second-order valence-electron chi connectivity index (χ2n) is 9.02. The lowest BCUT2D eigenvalue weighted by atomic mass is 9.93. The quantitative estimate of drug-likeness (QED) is 0.545.